The van der Waals surface area contributed by atoms with Crippen LogP contribution in [0.1, 0.15) is 101 Å². The van der Waals surface area contributed by atoms with Crippen molar-refractivity contribution in [1.82, 2.24) is 9.80 Å². The van der Waals surface area contributed by atoms with E-state index in [2.05, 4.69) is 38.1 Å². The van der Waals surface area contributed by atoms with Crippen LogP contribution in [-0.4, -0.2) is 114 Å². The van der Waals surface area contributed by atoms with Crippen LogP contribution in [0.5, 0.6) is 17.2 Å². The predicted molar refractivity (Wildman–Crippen MR) is 326 cm³/mol. The first-order chi connectivity index (χ1) is 40.6. The van der Waals surface area contributed by atoms with Crippen molar-refractivity contribution in [3.63, 3.8) is 0 Å². The summed E-state index contributed by atoms with van der Waals surface area (Å²) in [6.45, 7) is 9.88. The minimum Gasteiger partial charge on any atom is -0.481 e. The van der Waals surface area contributed by atoms with Crippen molar-refractivity contribution in [2.45, 2.75) is 86.2 Å². The van der Waals surface area contributed by atoms with Gasteiger partial charge < -0.3 is 48.8 Å². The third-order valence-electron chi connectivity index (χ3n) is 14.5. The number of carboxylic acids is 3. The lowest BCUT2D eigenvalue weighted by atomic mass is 9.90. The van der Waals surface area contributed by atoms with E-state index in [-0.39, 0.29) is 48.7 Å². The summed E-state index contributed by atoms with van der Waals surface area (Å²) in [5, 5.41) is 36.7. The van der Waals surface area contributed by atoms with Gasteiger partial charge in [-0.3, -0.25) is 9.59 Å². The molecule has 8 aromatic carbocycles. The molecule has 0 bridgehead atoms. The normalized spacial score (nSPS) is 11.2. The number of hydrogen-bond donors (Lipinski definition) is 3. The van der Waals surface area contributed by atoms with E-state index in [0.717, 1.165) is 58.0 Å². The fraction of sp³-hybridized carbons (Fsp3) is 0.319. The van der Waals surface area contributed by atoms with Gasteiger partial charge in [0, 0.05) is 97.1 Å². The molecule has 15 nitrogen and oxygen atoms in total. The average molecular weight is 1140 g/mol. The molecule has 0 aromatic heterocycles. The number of hydrogen-bond acceptors (Lipinski definition) is 10. The van der Waals surface area contributed by atoms with Crippen LogP contribution in [0.3, 0.4) is 0 Å². The Balaban J connectivity index is 1.27. The second-order valence-corrected chi connectivity index (χ2v) is 21.1. The molecule has 15 heteroatoms. The van der Waals surface area contributed by atoms with Gasteiger partial charge in [-0.15, -0.1) is 0 Å². The van der Waals surface area contributed by atoms with Crippen LogP contribution in [0.4, 0.5) is 0 Å². The van der Waals surface area contributed by atoms with E-state index in [1.165, 1.54) is 0 Å². The number of ether oxygens (including phenoxy) is 5. The van der Waals surface area contributed by atoms with Crippen LogP contribution in [0.2, 0.25) is 0 Å². The zero-order valence-corrected chi connectivity index (χ0v) is 48.5. The van der Waals surface area contributed by atoms with Gasteiger partial charge in [0.15, 0.2) is 19.8 Å². The average Bonchev–Trinajstić information content (AvgIpc) is 1.34. The highest BCUT2D eigenvalue weighted by atomic mass is 16.5. The molecule has 0 fully saturated rings. The summed E-state index contributed by atoms with van der Waals surface area (Å²) in [6, 6.07) is 41.8. The summed E-state index contributed by atoms with van der Waals surface area (Å²) in [6.07, 6.45) is 4.75. The fourth-order valence-corrected chi connectivity index (χ4v) is 10.7. The molecular formula is C69H74N2O13. The molecule has 3 N–H and O–H groups in total. The van der Waals surface area contributed by atoms with Crippen molar-refractivity contribution in [3.8, 4) is 39.5 Å². The maximum Gasteiger partial charge on any atom is 0.341 e. The molecule has 0 aliphatic carbocycles. The van der Waals surface area contributed by atoms with E-state index >= 15 is 4.79 Å². The number of amides is 2. The van der Waals surface area contributed by atoms with Gasteiger partial charge in [0.05, 0.1) is 0 Å². The summed E-state index contributed by atoms with van der Waals surface area (Å²) >= 11 is 0. The molecule has 0 atom stereocenters. The molecular weight excluding hydrogens is 1060 g/mol. The molecule has 438 valence electrons. The SMILES string of the molecule is CCCCOCCCN(Cc1cc(C)cc(-c2cc(C)cc(-c3cc(C)cc(CN(CCCOCCCC)C(=O)c4ccc5c6ccccc6c6ccccc6c5c4)c3OCC(=O)O)c2OCC(=O)O)c1OCC(=O)O)C(=O)c1ccccc1. The smallest absolute Gasteiger partial charge is 0.341 e. The molecule has 0 aliphatic heterocycles. The highest BCUT2D eigenvalue weighted by molar-refractivity contribution is 6.26. The van der Waals surface area contributed by atoms with Crippen molar-refractivity contribution in [3.05, 3.63) is 172 Å². The van der Waals surface area contributed by atoms with Crippen molar-refractivity contribution in [2.24, 2.45) is 0 Å². The molecule has 8 rings (SSSR count). The maximum atomic E-state index is 15.3. The molecule has 0 aliphatic rings. The van der Waals surface area contributed by atoms with Crippen molar-refractivity contribution in [1.29, 1.82) is 0 Å². The molecule has 0 unspecified atom stereocenters. The number of carboxylic acid groups (broad SMARTS) is 3. The lowest BCUT2D eigenvalue weighted by molar-refractivity contribution is -0.140. The number of carbonyl (C=O) groups is 5. The van der Waals surface area contributed by atoms with Crippen molar-refractivity contribution < 1.29 is 63.0 Å². The summed E-state index contributed by atoms with van der Waals surface area (Å²) in [7, 11) is 0. The first-order valence-corrected chi connectivity index (χ1v) is 28.7. The fourth-order valence-electron chi connectivity index (χ4n) is 10.7. The number of fused-ring (bicyclic) bond motifs is 6. The van der Waals surface area contributed by atoms with Crippen LogP contribution in [0.25, 0.3) is 54.6 Å². The molecule has 0 saturated heterocycles. The Kier molecular flexibility index (Phi) is 21.5. The summed E-state index contributed by atoms with van der Waals surface area (Å²) in [4.78, 5) is 70.5. The van der Waals surface area contributed by atoms with Gasteiger partial charge in [-0.25, -0.2) is 14.4 Å². The number of aliphatic carboxylic acids is 3. The van der Waals surface area contributed by atoms with Gasteiger partial charge in [-0.1, -0.05) is 112 Å². The van der Waals surface area contributed by atoms with Crippen LogP contribution in [0, 0.1) is 20.8 Å². The second kappa shape index (κ2) is 29.5. The topological polar surface area (TPSA) is 199 Å². The Morgan fingerprint density at radius 3 is 1.18 bits per heavy atom. The molecule has 8 aromatic rings. The number of unbranched alkanes of at least 4 members (excludes halogenated alkanes) is 2. The number of carbonyl (C=O) groups excluding carboxylic acids is 2. The van der Waals surface area contributed by atoms with E-state index in [1.54, 1.807) is 58.3 Å². The molecule has 0 saturated carbocycles. The first kappa shape index (κ1) is 61.3. The molecule has 0 radical (unpaired) electrons. The van der Waals surface area contributed by atoms with Crippen LogP contribution in [0.15, 0.2) is 133 Å². The number of nitrogens with zero attached hydrogens (tertiary/aromatic N) is 2. The van der Waals surface area contributed by atoms with Gasteiger partial charge >= 0.3 is 17.9 Å². The van der Waals surface area contributed by atoms with Crippen molar-refractivity contribution in [2.75, 3.05) is 59.3 Å². The summed E-state index contributed by atoms with van der Waals surface area (Å²) in [5.41, 5.74) is 5.27. The monoisotopic (exact) mass is 1140 g/mol. The number of rotatable bonds is 31. The molecule has 0 spiro atoms. The summed E-state index contributed by atoms with van der Waals surface area (Å²) < 4.78 is 30.8. The van der Waals surface area contributed by atoms with Gasteiger partial charge in [0.25, 0.3) is 11.8 Å². The number of aryl methyl sites for hydroxylation is 3. The Morgan fingerprint density at radius 2 is 0.750 bits per heavy atom. The third-order valence-corrected chi connectivity index (χ3v) is 14.5. The summed E-state index contributed by atoms with van der Waals surface area (Å²) in [5.74, 6) is -4.05. The van der Waals surface area contributed by atoms with Gasteiger partial charge in [0.2, 0.25) is 0 Å². The standard InChI is InChI=1S/C69H74N2O13/c1-6-8-29-80-31-17-27-70(68(78)48-19-11-10-12-20-48)40-50-33-45(3)35-58(65(50)82-42-62(72)73)60-37-47(5)38-61(67(60)84-44-64(76)77)59-36-46(4)34-51(66(59)83-43-63(74)75)41-71(28-18-32-81-30-9-7-2)69(79)49-25-26-56-54-23-14-13-21-52(54)53-22-15-16-24-55(53)57(56)39-49/h10-16,19-26,33-39H,6-9,17-18,27-32,40-44H2,1-5H3,(H,72,73)(H,74,75)(H,76,77). The lowest BCUT2D eigenvalue weighted by Crippen LogP contribution is -2.32. The third kappa shape index (κ3) is 15.4. The minimum atomic E-state index is -1.29. The predicted octanol–water partition coefficient (Wildman–Crippen LogP) is 13.5. The largest absolute Gasteiger partial charge is 0.481 e. The highest BCUT2D eigenvalue weighted by Gasteiger charge is 2.28. The molecule has 0 heterocycles. The van der Waals surface area contributed by atoms with Crippen LogP contribution < -0.4 is 14.2 Å². The van der Waals surface area contributed by atoms with Crippen molar-refractivity contribution >= 4 is 62.0 Å². The van der Waals surface area contributed by atoms with E-state index < -0.39 is 37.7 Å². The maximum absolute atomic E-state index is 15.3. The highest BCUT2D eigenvalue weighted by Crippen LogP contribution is 2.48. The molecule has 2 amide bonds. The van der Waals surface area contributed by atoms with E-state index in [0.29, 0.717) is 107 Å². The van der Waals surface area contributed by atoms with E-state index in [4.69, 9.17) is 23.7 Å². The van der Waals surface area contributed by atoms with Gasteiger partial charge in [0.1, 0.15) is 17.2 Å². The van der Waals surface area contributed by atoms with Gasteiger partial charge in [-0.2, -0.15) is 0 Å². The minimum absolute atomic E-state index is 0.00246. The lowest BCUT2D eigenvalue weighted by Gasteiger charge is -2.27. The zero-order chi connectivity index (χ0) is 59.7. The first-order valence-electron chi connectivity index (χ1n) is 28.7. The van der Waals surface area contributed by atoms with Crippen LogP contribution in [-0.2, 0) is 36.9 Å². The van der Waals surface area contributed by atoms with Gasteiger partial charge in [-0.05, 0) is 144 Å². The Morgan fingerprint density at radius 1 is 0.393 bits per heavy atom. The van der Waals surface area contributed by atoms with E-state index in [1.807, 2.05) is 81.4 Å². The Hall–Kier alpha value is -8.79. The Labute approximate surface area is 490 Å². The number of benzene rings is 8. The quantitative estimate of drug-likeness (QED) is 0.0274. The zero-order valence-electron chi connectivity index (χ0n) is 48.5. The molecule has 84 heavy (non-hydrogen) atoms. The second-order valence-electron chi connectivity index (χ2n) is 21.1. The van der Waals surface area contributed by atoms with E-state index in [9.17, 15) is 34.5 Å². The Bertz CT molecular complexity index is 3620. The van der Waals surface area contributed by atoms with Crippen LogP contribution >= 0.6 is 0 Å².